The zero-order valence-electron chi connectivity index (χ0n) is 15.7. The molecule has 1 amide bonds. The number of fused-ring (bicyclic) bond motifs is 1. The fourth-order valence-electron chi connectivity index (χ4n) is 3.61. The summed E-state index contributed by atoms with van der Waals surface area (Å²) < 4.78 is 1.95. The zero-order chi connectivity index (χ0) is 20.5. The van der Waals surface area contributed by atoms with Crippen LogP contribution in [0, 0.1) is 0 Å². The minimum Gasteiger partial charge on any atom is -0.328 e. The monoisotopic (exact) mass is 431 g/mol. The van der Waals surface area contributed by atoms with Crippen molar-refractivity contribution in [1.29, 1.82) is 0 Å². The summed E-state index contributed by atoms with van der Waals surface area (Å²) in [7, 11) is 2.08. The Labute approximate surface area is 177 Å². The third-order valence-corrected chi connectivity index (χ3v) is 5.78. The van der Waals surface area contributed by atoms with E-state index < -0.39 is 5.91 Å². The summed E-state index contributed by atoms with van der Waals surface area (Å²) in [5.74, 6) is -0.572. The molecule has 0 unspecified atom stereocenters. The van der Waals surface area contributed by atoms with E-state index in [1.54, 1.807) is 24.5 Å². The molecule has 1 saturated heterocycles. The number of carbonyl (C=O) groups is 1. The van der Waals surface area contributed by atoms with Gasteiger partial charge in [0.1, 0.15) is 11.2 Å². The number of nitrogens with one attached hydrogen (secondary N) is 1. The molecule has 4 rings (SSSR count). The van der Waals surface area contributed by atoms with Crippen LogP contribution in [-0.2, 0) is 0 Å². The molecule has 0 saturated carbocycles. The smallest absolute Gasteiger partial charge is 0.261 e. The van der Waals surface area contributed by atoms with Crippen molar-refractivity contribution in [1.82, 2.24) is 19.4 Å². The van der Waals surface area contributed by atoms with E-state index in [2.05, 4.69) is 27.2 Å². The molecule has 29 heavy (non-hydrogen) atoms. The number of nitrogens with zero attached hydrogens (tertiary/aromatic N) is 4. The minimum atomic E-state index is -0.572. The molecule has 0 atom stereocenters. The molecule has 3 aromatic heterocycles. The average molecular weight is 432 g/mol. The number of halogens is 2. The molecule has 0 radical (unpaired) electrons. The lowest BCUT2D eigenvalue weighted by Crippen LogP contribution is -2.33. The molecule has 0 bridgehead atoms. The molecule has 1 N–H and O–H groups in total. The van der Waals surface area contributed by atoms with Crippen molar-refractivity contribution in [3.05, 3.63) is 62.8 Å². The summed E-state index contributed by atoms with van der Waals surface area (Å²) in [4.78, 5) is 36.5. The first kappa shape index (κ1) is 19.8. The van der Waals surface area contributed by atoms with Crippen molar-refractivity contribution in [3.8, 4) is 0 Å². The van der Waals surface area contributed by atoms with Crippen LogP contribution >= 0.6 is 23.2 Å². The van der Waals surface area contributed by atoms with Crippen LogP contribution in [0.2, 0.25) is 10.0 Å². The number of hydrogen-bond donors (Lipinski definition) is 1. The van der Waals surface area contributed by atoms with Crippen LogP contribution < -0.4 is 10.7 Å². The number of pyridine rings is 3. The second kappa shape index (κ2) is 8.10. The Hall–Kier alpha value is -2.48. The maximum absolute atomic E-state index is 13.0. The number of amides is 1. The van der Waals surface area contributed by atoms with Crippen LogP contribution in [0.25, 0.3) is 11.0 Å². The lowest BCUT2D eigenvalue weighted by atomic mass is 10.0. The van der Waals surface area contributed by atoms with E-state index in [4.69, 9.17) is 23.2 Å². The van der Waals surface area contributed by atoms with Gasteiger partial charge in [-0.05, 0) is 45.1 Å². The van der Waals surface area contributed by atoms with Crippen molar-refractivity contribution < 1.29 is 4.79 Å². The molecule has 3 aromatic rings. The van der Waals surface area contributed by atoms with Crippen molar-refractivity contribution in [2.24, 2.45) is 0 Å². The summed E-state index contributed by atoms with van der Waals surface area (Å²) in [5, 5.41) is 3.46. The van der Waals surface area contributed by atoms with Crippen molar-refractivity contribution in [2.45, 2.75) is 18.9 Å². The molecule has 7 nitrogen and oxygen atoms in total. The molecule has 1 aliphatic heterocycles. The Balaban J connectivity index is 1.79. The lowest BCUT2D eigenvalue weighted by molar-refractivity contribution is 0.102. The molecule has 0 spiro atoms. The van der Waals surface area contributed by atoms with E-state index >= 15 is 0 Å². The average Bonchev–Trinajstić information content (AvgIpc) is 2.72. The molecule has 0 aliphatic carbocycles. The summed E-state index contributed by atoms with van der Waals surface area (Å²) in [6.45, 7) is 1.88. The largest absolute Gasteiger partial charge is 0.328 e. The quantitative estimate of drug-likeness (QED) is 0.684. The van der Waals surface area contributed by atoms with Gasteiger partial charge in [-0.3, -0.25) is 14.6 Å². The molecular formula is C20H19Cl2N5O2. The molecular weight excluding hydrogens is 413 g/mol. The van der Waals surface area contributed by atoms with Gasteiger partial charge >= 0.3 is 0 Å². The number of piperidine rings is 1. The third kappa shape index (κ3) is 3.85. The first-order valence-electron chi connectivity index (χ1n) is 9.24. The predicted molar refractivity (Wildman–Crippen MR) is 114 cm³/mol. The summed E-state index contributed by atoms with van der Waals surface area (Å²) in [6.07, 6.45) is 7.84. The van der Waals surface area contributed by atoms with Gasteiger partial charge in [0, 0.05) is 30.8 Å². The standard InChI is InChI=1S/C20H19Cl2N5O2/c1-26-7-4-12(5-8-26)27-11-14(18(28)13-3-2-6-24-19(13)27)20(29)25-17-15(21)9-23-10-16(17)22/h2-3,6,9-12H,4-5,7-8H2,1H3,(H,23,25,29). The van der Waals surface area contributed by atoms with Gasteiger partial charge in [-0.2, -0.15) is 0 Å². The van der Waals surface area contributed by atoms with E-state index in [-0.39, 0.29) is 32.8 Å². The SMILES string of the molecule is CN1CCC(n2cc(C(=O)Nc3c(Cl)cncc3Cl)c(=O)c3cccnc32)CC1. The maximum Gasteiger partial charge on any atom is 0.261 e. The number of aromatic nitrogens is 3. The number of carbonyl (C=O) groups excluding carboxylic acids is 1. The van der Waals surface area contributed by atoms with Crippen molar-refractivity contribution >= 4 is 45.8 Å². The molecule has 1 aliphatic rings. The lowest BCUT2D eigenvalue weighted by Gasteiger charge is -2.31. The van der Waals surface area contributed by atoms with Gasteiger partial charge in [0.05, 0.1) is 21.1 Å². The summed E-state index contributed by atoms with van der Waals surface area (Å²) in [6, 6.07) is 3.55. The number of hydrogen-bond acceptors (Lipinski definition) is 5. The highest BCUT2D eigenvalue weighted by Gasteiger charge is 2.24. The van der Waals surface area contributed by atoms with Crippen LogP contribution in [-0.4, -0.2) is 45.5 Å². The van der Waals surface area contributed by atoms with Crippen LogP contribution in [0.15, 0.2) is 41.7 Å². The zero-order valence-corrected chi connectivity index (χ0v) is 17.2. The fourth-order valence-corrected chi connectivity index (χ4v) is 4.07. The van der Waals surface area contributed by atoms with Gasteiger partial charge in [-0.25, -0.2) is 4.98 Å². The van der Waals surface area contributed by atoms with E-state index in [0.717, 1.165) is 25.9 Å². The van der Waals surface area contributed by atoms with E-state index in [1.165, 1.54) is 12.4 Å². The van der Waals surface area contributed by atoms with Crippen LogP contribution in [0.5, 0.6) is 0 Å². The molecule has 150 valence electrons. The summed E-state index contributed by atoms with van der Waals surface area (Å²) >= 11 is 12.2. The summed E-state index contributed by atoms with van der Waals surface area (Å²) in [5.41, 5.74) is 0.456. The Morgan fingerprint density at radius 2 is 1.90 bits per heavy atom. The normalized spacial score (nSPS) is 15.6. The highest BCUT2D eigenvalue weighted by molar-refractivity contribution is 6.39. The van der Waals surface area contributed by atoms with Gasteiger partial charge < -0.3 is 14.8 Å². The van der Waals surface area contributed by atoms with Crippen LogP contribution in [0.4, 0.5) is 5.69 Å². The third-order valence-electron chi connectivity index (χ3n) is 5.21. The second-order valence-corrected chi connectivity index (χ2v) is 7.93. The topological polar surface area (TPSA) is 80.1 Å². The Kier molecular flexibility index (Phi) is 5.54. The predicted octanol–water partition coefficient (Wildman–Crippen LogP) is 3.62. The maximum atomic E-state index is 13.0. The molecule has 4 heterocycles. The fraction of sp³-hybridized carbons (Fsp3) is 0.300. The molecule has 1 fully saturated rings. The van der Waals surface area contributed by atoms with E-state index in [0.29, 0.717) is 11.0 Å². The van der Waals surface area contributed by atoms with Crippen LogP contribution in [0.3, 0.4) is 0 Å². The second-order valence-electron chi connectivity index (χ2n) is 7.12. The highest BCUT2D eigenvalue weighted by atomic mass is 35.5. The van der Waals surface area contributed by atoms with Crippen LogP contribution in [0.1, 0.15) is 29.2 Å². The molecule has 0 aromatic carbocycles. The highest BCUT2D eigenvalue weighted by Crippen LogP contribution is 2.29. The van der Waals surface area contributed by atoms with Gasteiger partial charge in [-0.1, -0.05) is 23.2 Å². The Morgan fingerprint density at radius 3 is 2.59 bits per heavy atom. The van der Waals surface area contributed by atoms with E-state index in [1.807, 2.05) is 4.57 Å². The first-order valence-corrected chi connectivity index (χ1v) is 10.00. The van der Waals surface area contributed by atoms with E-state index in [9.17, 15) is 9.59 Å². The Bertz CT molecular complexity index is 1120. The molecule has 9 heteroatoms. The van der Waals surface area contributed by atoms with Gasteiger partial charge in [-0.15, -0.1) is 0 Å². The van der Waals surface area contributed by atoms with Crippen molar-refractivity contribution in [3.63, 3.8) is 0 Å². The van der Waals surface area contributed by atoms with Gasteiger partial charge in [0.25, 0.3) is 5.91 Å². The van der Waals surface area contributed by atoms with Gasteiger partial charge in [0.2, 0.25) is 5.43 Å². The van der Waals surface area contributed by atoms with Crippen molar-refractivity contribution in [2.75, 3.05) is 25.5 Å². The Morgan fingerprint density at radius 1 is 1.21 bits per heavy atom. The van der Waals surface area contributed by atoms with Gasteiger partial charge in [0.15, 0.2) is 0 Å². The minimum absolute atomic E-state index is 0.0216. The number of anilines is 1. The first-order chi connectivity index (χ1) is 14.0. The number of rotatable bonds is 3. The number of likely N-dealkylation sites (tertiary alicyclic amines) is 1.